The Morgan fingerprint density at radius 2 is 2.18 bits per heavy atom. The van der Waals surface area contributed by atoms with E-state index >= 15 is 0 Å². The number of benzene rings is 1. The van der Waals surface area contributed by atoms with E-state index in [1.165, 1.54) is 0 Å². The van der Waals surface area contributed by atoms with Crippen molar-refractivity contribution < 1.29 is 9.59 Å². The second-order valence-electron chi connectivity index (χ2n) is 4.33. The second kappa shape index (κ2) is 3.74. The molecule has 3 rings (SSSR count). The van der Waals surface area contributed by atoms with Crippen molar-refractivity contribution in [2.45, 2.75) is 18.3 Å². The largest absolute Gasteiger partial charge is 0.348 e. The fourth-order valence-electron chi connectivity index (χ4n) is 2.30. The lowest BCUT2D eigenvalue weighted by molar-refractivity contribution is -0.117. The minimum Gasteiger partial charge on any atom is -0.348 e. The van der Waals surface area contributed by atoms with Crippen molar-refractivity contribution in [3.63, 3.8) is 0 Å². The first-order valence-corrected chi connectivity index (χ1v) is 5.94. The molecule has 1 N–H and O–H groups in total. The Hall–Kier alpha value is -1.55. The van der Waals surface area contributed by atoms with E-state index in [0.717, 1.165) is 11.3 Å². The molecule has 2 aliphatic heterocycles. The van der Waals surface area contributed by atoms with Crippen LogP contribution in [0.4, 0.5) is 5.69 Å². The molecule has 4 nitrogen and oxygen atoms in total. The molecule has 1 aromatic rings. The Morgan fingerprint density at radius 1 is 1.35 bits per heavy atom. The maximum Gasteiger partial charge on any atom is 0.251 e. The number of nitrogens with one attached hydrogen (secondary N) is 1. The number of nitrogens with zero attached hydrogens (tertiary/aromatic N) is 1. The number of halogens is 1. The van der Waals surface area contributed by atoms with Gasteiger partial charge in [-0.1, -0.05) is 0 Å². The van der Waals surface area contributed by atoms with Gasteiger partial charge < -0.3 is 10.2 Å². The summed E-state index contributed by atoms with van der Waals surface area (Å²) in [6.07, 6.45) is 0.385. The number of fused-ring (bicyclic) bond motifs is 1. The maximum absolute atomic E-state index is 11.7. The molecule has 0 aromatic heterocycles. The molecule has 5 heteroatoms. The number of amides is 2. The molecule has 1 unspecified atom stereocenters. The maximum atomic E-state index is 11.7. The molecular formula is C12H11ClN2O2. The highest BCUT2D eigenvalue weighted by atomic mass is 35.5. The van der Waals surface area contributed by atoms with Crippen LogP contribution in [-0.4, -0.2) is 23.7 Å². The summed E-state index contributed by atoms with van der Waals surface area (Å²) < 4.78 is 0. The quantitative estimate of drug-likeness (QED) is 0.764. The summed E-state index contributed by atoms with van der Waals surface area (Å²) in [4.78, 5) is 24.8. The van der Waals surface area contributed by atoms with Gasteiger partial charge in [-0.05, 0) is 23.8 Å². The van der Waals surface area contributed by atoms with Crippen LogP contribution in [0.25, 0.3) is 0 Å². The second-order valence-corrected chi connectivity index (χ2v) is 4.95. The summed E-state index contributed by atoms with van der Waals surface area (Å²) in [5.74, 6) is -0.00301. The number of anilines is 1. The van der Waals surface area contributed by atoms with Crippen molar-refractivity contribution in [1.29, 1.82) is 0 Å². The molecule has 2 heterocycles. The molecule has 0 bridgehead atoms. The predicted molar refractivity (Wildman–Crippen MR) is 64.2 cm³/mol. The minimum atomic E-state index is -0.115. The van der Waals surface area contributed by atoms with Gasteiger partial charge in [0, 0.05) is 30.8 Å². The van der Waals surface area contributed by atoms with Crippen LogP contribution in [0.2, 0.25) is 0 Å². The number of hydrogen-bond acceptors (Lipinski definition) is 2. The van der Waals surface area contributed by atoms with Crippen LogP contribution in [0, 0.1) is 0 Å². The smallest absolute Gasteiger partial charge is 0.251 e. The van der Waals surface area contributed by atoms with Crippen molar-refractivity contribution in [1.82, 2.24) is 5.32 Å². The zero-order valence-corrected chi connectivity index (χ0v) is 9.83. The monoisotopic (exact) mass is 250 g/mol. The lowest BCUT2D eigenvalue weighted by atomic mass is 10.1. The highest BCUT2D eigenvalue weighted by molar-refractivity contribution is 6.24. The van der Waals surface area contributed by atoms with Crippen LogP contribution in [0.1, 0.15) is 22.3 Å². The van der Waals surface area contributed by atoms with Gasteiger partial charge in [0.25, 0.3) is 5.91 Å². The van der Waals surface area contributed by atoms with Gasteiger partial charge in [-0.3, -0.25) is 9.59 Å². The molecule has 1 atom stereocenters. The van der Waals surface area contributed by atoms with E-state index in [4.69, 9.17) is 11.6 Å². The molecule has 2 aliphatic rings. The Balaban J connectivity index is 1.95. The van der Waals surface area contributed by atoms with Crippen LogP contribution < -0.4 is 10.2 Å². The SMILES string of the molecule is O=C1NCc2cc(N3CC(Cl)CC3=O)ccc21. The van der Waals surface area contributed by atoms with Crippen molar-refractivity contribution in [3.05, 3.63) is 29.3 Å². The Kier molecular flexibility index (Phi) is 2.33. The van der Waals surface area contributed by atoms with Crippen LogP contribution >= 0.6 is 11.6 Å². The third-order valence-electron chi connectivity index (χ3n) is 3.16. The van der Waals surface area contributed by atoms with Crippen LogP contribution in [0.3, 0.4) is 0 Å². The Morgan fingerprint density at radius 3 is 2.88 bits per heavy atom. The van der Waals surface area contributed by atoms with E-state index in [1.807, 2.05) is 6.07 Å². The van der Waals surface area contributed by atoms with E-state index in [0.29, 0.717) is 25.1 Å². The normalized spacial score (nSPS) is 22.9. The highest BCUT2D eigenvalue weighted by Gasteiger charge is 2.30. The van der Waals surface area contributed by atoms with Crippen molar-refractivity contribution in [2.24, 2.45) is 0 Å². The first-order valence-electron chi connectivity index (χ1n) is 5.51. The summed E-state index contributed by atoms with van der Waals surface area (Å²) in [5, 5.41) is 2.64. The molecule has 1 saturated heterocycles. The summed E-state index contributed by atoms with van der Waals surface area (Å²) in [5.41, 5.74) is 2.47. The molecule has 1 aromatic carbocycles. The molecular weight excluding hydrogens is 240 g/mol. The fraction of sp³-hybridized carbons (Fsp3) is 0.333. The predicted octanol–water partition coefficient (Wildman–Crippen LogP) is 1.27. The summed E-state index contributed by atoms with van der Waals surface area (Å²) in [7, 11) is 0. The third kappa shape index (κ3) is 1.69. The number of rotatable bonds is 1. The first kappa shape index (κ1) is 10.6. The van der Waals surface area contributed by atoms with Crippen molar-refractivity contribution in [2.75, 3.05) is 11.4 Å². The average Bonchev–Trinajstić information content (AvgIpc) is 2.82. The van der Waals surface area contributed by atoms with Crippen LogP contribution in [0.5, 0.6) is 0 Å². The molecule has 0 aliphatic carbocycles. The van der Waals surface area contributed by atoms with Crippen LogP contribution in [-0.2, 0) is 11.3 Å². The zero-order valence-electron chi connectivity index (χ0n) is 9.07. The van der Waals surface area contributed by atoms with Gasteiger partial charge in [0.05, 0.1) is 5.38 Å². The lowest BCUT2D eigenvalue weighted by Gasteiger charge is -2.16. The number of carbonyl (C=O) groups is 2. The van der Waals surface area contributed by atoms with Gasteiger partial charge >= 0.3 is 0 Å². The average molecular weight is 251 g/mol. The summed E-state index contributed by atoms with van der Waals surface area (Å²) >= 11 is 5.96. The van der Waals surface area contributed by atoms with E-state index < -0.39 is 0 Å². The van der Waals surface area contributed by atoms with E-state index in [9.17, 15) is 9.59 Å². The summed E-state index contributed by atoms with van der Waals surface area (Å²) in [6, 6.07) is 5.46. The molecule has 0 saturated carbocycles. The molecule has 1 fully saturated rings. The number of alkyl halides is 1. The topological polar surface area (TPSA) is 49.4 Å². The van der Waals surface area contributed by atoms with E-state index in [2.05, 4.69) is 5.32 Å². The highest BCUT2D eigenvalue weighted by Crippen LogP contribution is 2.27. The molecule has 88 valence electrons. The fourth-order valence-corrected chi connectivity index (χ4v) is 2.57. The standard InChI is InChI=1S/C12H11ClN2O2/c13-8-4-11(16)15(6-8)9-1-2-10-7(3-9)5-14-12(10)17/h1-3,8H,4-6H2,(H,14,17). The molecule has 17 heavy (non-hydrogen) atoms. The van der Waals surface area contributed by atoms with Gasteiger partial charge in [0.15, 0.2) is 0 Å². The Bertz CT molecular complexity index is 515. The number of hydrogen-bond donors (Lipinski definition) is 1. The minimum absolute atomic E-state index is 0.0437. The Labute approximate surface area is 104 Å². The zero-order chi connectivity index (χ0) is 12.0. The van der Waals surface area contributed by atoms with Crippen LogP contribution in [0.15, 0.2) is 18.2 Å². The van der Waals surface area contributed by atoms with E-state index in [-0.39, 0.29) is 17.2 Å². The molecule has 0 radical (unpaired) electrons. The summed E-state index contributed by atoms with van der Waals surface area (Å²) in [6.45, 7) is 1.08. The van der Waals surface area contributed by atoms with Crippen molar-refractivity contribution in [3.8, 4) is 0 Å². The van der Waals surface area contributed by atoms with E-state index in [1.54, 1.807) is 17.0 Å². The van der Waals surface area contributed by atoms with Gasteiger partial charge in [0.2, 0.25) is 5.91 Å². The third-order valence-corrected chi connectivity index (χ3v) is 3.45. The van der Waals surface area contributed by atoms with Gasteiger partial charge in [-0.25, -0.2) is 0 Å². The van der Waals surface area contributed by atoms with Gasteiger partial charge in [-0.15, -0.1) is 11.6 Å². The molecule has 2 amide bonds. The molecule has 0 spiro atoms. The number of carbonyl (C=O) groups excluding carboxylic acids is 2. The van der Waals surface area contributed by atoms with Gasteiger partial charge in [-0.2, -0.15) is 0 Å². The van der Waals surface area contributed by atoms with Crippen molar-refractivity contribution >= 4 is 29.1 Å². The first-order chi connectivity index (χ1) is 8.15. The lowest BCUT2D eigenvalue weighted by Crippen LogP contribution is -2.24. The van der Waals surface area contributed by atoms with Gasteiger partial charge in [0.1, 0.15) is 0 Å².